The minimum atomic E-state index is -3.39. The number of nitrogens with one attached hydrogen (secondary N) is 1. The Morgan fingerprint density at radius 1 is 1.20 bits per heavy atom. The third-order valence-electron chi connectivity index (χ3n) is 7.03. The molecule has 1 amide bonds. The van der Waals surface area contributed by atoms with Gasteiger partial charge in [-0.2, -0.15) is 0 Å². The predicted octanol–water partition coefficient (Wildman–Crippen LogP) is 2.94. The average molecular weight is 433 g/mol. The third kappa shape index (κ3) is 4.11. The number of hydrogen-bond donors (Lipinski definition) is 1. The molecule has 4 aliphatic rings. The number of nitrogens with zero attached hydrogens (tertiary/aromatic N) is 1. The number of ether oxygens (including phenoxy) is 1. The summed E-state index contributed by atoms with van der Waals surface area (Å²) in [6, 6.07) is 4.35. The van der Waals surface area contributed by atoms with E-state index in [4.69, 9.17) is 4.74 Å². The van der Waals surface area contributed by atoms with Crippen LogP contribution in [0.3, 0.4) is 0 Å². The van der Waals surface area contributed by atoms with Crippen LogP contribution in [0.5, 0.6) is 5.75 Å². The van der Waals surface area contributed by atoms with E-state index >= 15 is 0 Å². The Kier molecular flexibility index (Phi) is 5.30. The number of benzene rings is 1. The maximum absolute atomic E-state index is 13.3. The van der Waals surface area contributed by atoms with Crippen LogP contribution in [0.1, 0.15) is 67.8 Å². The first-order chi connectivity index (χ1) is 14.4. The van der Waals surface area contributed by atoms with Gasteiger partial charge in [-0.15, -0.1) is 0 Å². The summed E-state index contributed by atoms with van der Waals surface area (Å²) in [5.74, 6) is 0.812. The molecule has 2 heterocycles. The minimum absolute atomic E-state index is 0.0200. The summed E-state index contributed by atoms with van der Waals surface area (Å²) in [5, 5.41) is 3.18. The fourth-order valence-electron chi connectivity index (χ4n) is 5.08. The van der Waals surface area contributed by atoms with E-state index in [1.54, 1.807) is 12.1 Å². The first-order valence-corrected chi connectivity index (χ1v) is 13.2. The molecule has 3 fully saturated rings. The molecule has 2 atom stereocenters. The quantitative estimate of drug-likeness (QED) is 0.717. The van der Waals surface area contributed by atoms with Gasteiger partial charge in [0.25, 0.3) is 5.91 Å². The van der Waals surface area contributed by atoms with Gasteiger partial charge >= 0.3 is 0 Å². The van der Waals surface area contributed by atoms with E-state index in [-0.39, 0.29) is 28.5 Å². The van der Waals surface area contributed by atoms with Crippen molar-refractivity contribution in [1.29, 1.82) is 0 Å². The Labute approximate surface area is 179 Å². The van der Waals surface area contributed by atoms with Crippen molar-refractivity contribution in [2.75, 3.05) is 18.9 Å². The van der Waals surface area contributed by atoms with Gasteiger partial charge in [0.2, 0.25) is 0 Å². The molecule has 0 spiro atoms. The van der Waals surface area contributed by atoms with Gasteiger partial charge in [0.05, 0.1) is 22.8 Å². The second kappa shape index (κ2) is 7.83. The zero-order valence-corrected chi connectivity index (χ0v) is 18.5. The van der Waals surface area contributed by atoms with Crippen LogP contribution in [0.4, 0.5) is 0 Å². The molecule has 2 aliphatic carbocycles. The van der Waals surface area contributed by atoms with Gasteiger partial charge < -0.3 is 10.1 Å². The number of fused-ring (bicyclic) bond motifs is 1. The second-order valence-corrected chi connectivity index (χ2v) is 11.6. The summed E-state index contributed by atoms with van der Waals surface area (Å²) in [4.78, 5) is 16.1. The lowest BCUT2D eigenvalue weighted by molar-refractivity contribution is 0.0905. The number of sulfone groups is 1. The zero-order chi connectivity index (χ0) is 20.9. The van der Waals surface area contributed by atoms with Crippen molar-refractivity contribution in [3.8, 4) is 5.75 Å². The normalized spacial score (nSPS) is 25.4. The number of hydrogen-bond acceptors (Lipinski definition) is 5. The van der Waals surface area contributed by atoms with Gasteiger partial charge in [-0.3, -0.25) is 9.69 Å². The average Bonchev–Trinajstić information content (AvgIpc) is 3.67. The van der Waals surface area contributed by atoms with Crippen molar-refractivity contribution < 1.29 is 17.9 Å². The summed E-state index contributed by atoms with van der Waals surface area (Å²) >= 11 is 0. The maximum Gasteiger partial charge on any atom is 0.255 e. The van der Waals surface area contributed by atoms with E-state index in [0.29, 0.717) is 30.0 Å². The van der Waals surface area contributed by atoms with Crippen molar-refractivity contribution in [1.82, 2.24) is 10.2 Å². The van der Waals surface area contributed by atoms with Crippen LogP contribution in [0.25, 0.3) is 0 Å². The molecule has 1 aromatic rings. The molecule has 0 aromatic heterocycles. The first kappa shape index (κ1) is 20.3. The van der Waals surface area contributed by atoms with Crippen LogP contribution in [-0.4, -0.2) is 56.3 Å². The Morgan fingerprint density at radius 2 is 2.00 bits per heavy atom. The molecule has 1 N–H and O–H groups in total. The lowest BCUT2D eigenvalue weighted by Crippen LogP contribution is -2.48. The van der Waals surface area contributed by atoms with Crippen LogP contribution in [0.2, 0.25) is 0 Å². The highest BCUT2D eigenvalue weighted by Gasteiger charge is 2.39. The van der Waals surface area contributed by atoms with Crippen LogP contribution >= 0.6 is 0 Å². The number of amides is 1. The largest absolute Gasteiger partial charge is 0.492 e. The van der Waals surface area contributed by atoms with E-state index in [2.05, 4.69) is 17.1 Å². The molecule has 7 heteroatoms. The standard InChI is InChI=1S/C23H32N2O4S/c1-15(21-5-2-10-25(21)18-8-9-18)24-23(26)20-13-19(30(27,28)14-16-6-7-16)12-17-4-3-11-29-22(17)20/h12-13,15-16,18,21H,2-11,14H2,1H3,(H,24,26). The molecule has 2 unspecified atom stereocenters. The van der Waals surface area contributed by atoms with Gasteiger partial charge in [0.1, 0.15) is 5.75 Å². The summed E-state index contributed by atoms with van der Waals surface area (Å²) in [5.41, 5.74) is 1.22. The molecule has 1 aromatic carbocycles. The highest BCUT2D eigenvalue weighted by molar-refractivity contribution is 7.91. The molecule has 0 bridgehead atoms. The smallest absolute Gasteiger partial charge is 0.255 e. The van der Waals surface area contributed by atoms with E-state index in [9.17, 15) is 13.2 Å². The van der Waals surface area contributed by atoms with E-state index in [1.807, 2.05) is 0 Å². The van der Waals surface area contributed by atoms with Crippen molar-refractivity contribution in [2.24, 2.45) is 5.92 Å². The molecule has 5 rings (SSSR count). The number of rotatable bonds is 7. The lowest BCUT2D eigenvalue weighted by Gasteiger charge is -2.30. The highest BCUT2D eigenvalue weighted by atomic mass is 32.2. The minimum Gasteiger partial charge on any atom is -0.492 e. The molecular formula is C23H32N2O4S. The summed E-state index contributed by atoms with van der Waals surface area (Å²) in [7, 11) is -3.39. The first-order valence-electron chi connectivity index (χ1n) is 11.5. The van der Waals surface area contributed by atoms with Gasteiger partial charge in [0, 0.05) is 18.1 Å². The molecular weight excluding hydrogens is 400 g/mol. The van der Waals surface area contributed by atoms with Crippen LogP contribution < -0.4 is 10.1 Å². The number of carbonyl (C=O) groups is 1. The summed E-state index contributed by atoms with van der Waals surface area (Å²) in [6.07, 6.45) is 8.36. The Hall–Kier alpha value is -1.60. The topological polar surface area (TPSA) is 75.7 Å². The zero-order valence-electron chi connectivity index (χ0n) is 17.7. The van der Waals surface area contributed by atoms with Crippen LogP contribution in [0, 0.1) is 5.92 Å². The monoisotopic (exact) mass is 432 g/mol. The predicted molar refractivity (Wildman–Crippen MR) is 115 cm³/mol. The van der Waals surface area contributed by atoms with Gasteiger partial charge in [-0.25, -0.2) is 8.42 Å². The SMILES string of the molecule is CC(NC(=O)c1cc(S(=O)(=O)CC2CC2)cc2c1OCCC2)C1CCCN1C1CC1. The fraction of sp³-hybridized carbons (Fsp3) is 0.696. The molecule has 1 saturated heterocycles. The fourth-order valence-corrected chi connectivity index (χ4v) is 6.85. The van der Waals surface area contributed by atoms with E-state index < -0.39 is 9.84 Å². The second-order valence-electron chi connectivity index (χ2n) is 9.58. The Balaban J connectivity index is 1.40. The Bertz CT molecular complexity index is 937. The van der Waals surface area contributed by atoms with E-state index in [1.165, 1.54) is 19.3 Å². The van der Waals surface area contributed by atoms with Crippen molar-refractivity contribution in [3.63, 3.8) is 0 Å². The van der Waals surface area contributed by atoms with Gasteiger partial charge in [0.15, 0.2) is 9.84 Å². The van der Waals surface area contributed by atoms with E-state index in [0.717, 1.165) is 44.2 Å². The highest BCUT2D eigenvalue weighted by Crippen LogP contribution is 2.37. The Morgan fingerprint density at radius 3 is 2.73 bits per heavy atom. The summed E-state index contributed by atoms with van der Waals surface area (Å²) in [6.45, 7) is 3.75. The van der Waals surface area contributed by atoms with Gasteiger partial charge in [-0.1, -0.05) is 0 Å². The third-order valence-corrected chi connectivity index (χ3v) is 8.89. The van der Waals surface area contributed by atoms with Crippen LogP contribution in [0.15, 0.2) is 17.0 Å². The molecule has 30 heavy (non-hydrogen) atoms. The maximum atomic E-state index is 13.3. The number of aryl methyl sites for hydroxylation is 1. The molecule has 0 radical (unpaired) electrons. The molecule has 2 saturated carbocycles. The summed E-state index contributed by atoms with van der Waals surface area (Å²) < 4.78 is 31.7. The van der Waals surface area contributed by atoms with Crippen molar-refractivity contribution in [2.45, 2.75) is 81.3 Å². The van der Waals surface area contributed by atoms with Crippen molar-refractivity contribution >= 4 is 15.7 Å². The molecule has 6 nitrogen and oxygen atoms in total. The van der Waals surface area contributed by atoms with Gasteiger partial charge in [-0.05, 0) is 88.4 Å². The number of likely N-dealkylation sites (tertiary alicyclic amines) is 1. The number of carbonyl (C=O) groups excluding carboxylic acids is 1. The lowest BCUT2D eigenvalue weighted by atomic mass is 10.0. The molecule has 2 aliphatic heterocycles. The van der Waals surface area contributed by atoms with Crippen LogP contribution in [-0.2, 0) is 16.3 Å². The van der Waals surface area contributed by atoms with Crippen molar-refractivity contribution in [3.05, 3.63) is 23.3 Å². The molecule has 164 valence electrons.